The van der Waals surface area contributed by atoms with Gasteiger partial charge in [-0.1, -0.05) is 53.0 Å². The van der Waals surface area contributed by atoms with Crippen molar-refractivity contribution in [2.75, 3.05) is 12.4 Å². The summed E-state index contributed by atoms with van der Waals surface area (Å²) in [4.78, 5) is 17.1. The number of nitrogens with zero attached hydrogens (tertiary/aromatic N) is 2. The fourth-order valence-corrected chi connectivity index (χ4v) is 4.46. The largest absolute Gasteiger partial charge is 0.495 e. The number of aromatic nitrogens is 1. The number of carbonyl (C=O) groups is 1. The van der Waals surface area contributed by atoms with E-state index in [1.54, 1.807) is 24.3 Å². The summed E-state index contributed by atoms with van der Waals surface area (Å²) in [7, 11) is 1.50. The Morgan fingerprint density at radius 3 is 2.53 bits per heavy atom. The molecule has 0 saturated heterocycles. The number of aryl methyl sites for hydroxylation is 1. The molecule has 0 bridgehead atoms. The second-order valence-corrected chi connectivity index (χ2v) is 9.02. The second-order valence-electron chi connectivity index (χ2n) is 7.32. The third-order valence-corrected chi connectivity index (χ3v) is 6.12. The summed E-state index contributed by atoms with van der Waals surface area (Å²) < 4.78 is 5.26. The molecule has 1 aromatic heterocycles. The molecule has 4 aromatic rings. The van der Waals surface area contributed by atoms with Crippen LogP contribution in [0.5, 0.6) is 5.75 Å². The highest BCUT2D eigenvalue weighted by Gasteiger charge is 2.10. The van der Waals surface area contributed by atoms with E-state index >= 15 is 0 Å². The first-order chi connectivity index (χ1) is 16.4. The van der Waals surface area contributed by atoms with E-state index in [1.165, 1.54) is 30.2 Å². The predicted octanol–water partition coefficient (Wildman–Crippen LogP) is 6.94. The number of methoxy groups -OCH3 is 1. The van der Waals surface area contributed by atoms with Crippen molar-refractivity contribution in [2.24, 2.45) is 5.10 Å². The summed E-state index contributed by atoms with van der Waals surface area (Å²) in [6.07, 6.45) is 1.43. The molecule has 0 aliphatic heterocycles. The number of ether oxygens (including phenoxy) is 1. The van der Waals surface area contributed by atoms with Gasteiger partial charge in [0.15, 0.2) is 5.13 Å². The van der Waals surface area contributed by atoms with E-state index in [9.17, 15) is 4.79 Å². The molecule has 2 N–H and O–H groups in total. The van der Waals surface area contributed by atoms with Crippen LogP contribution in [0.3, 0.4) is 0 Å². The molecule has 0 aliphatic rings. The molecule has 1 heterocycles. The van der Waals surface area contributed by atoms with Gasteiger partial charge in [0.1, 0.15) is 5.75 Å². The van der Waals surface area contributed by atoms with E-state index in [-0.39, 0.29) is 5.91 Å². The van der Waals surface area contributed by atoms with E-state index in [0.29, 0.717) is 26.9 Å². The molecule has 0 spiro atoms. The van der Waals surface area contributed by atoms with Gasteiger partial charge in [-0.2, -0.15) is 5.10 Å². The molecule has 0 aliphatic carbocycles. The monoisotopic (exact) mass is 510 g/mol. The Kier molecular flexibility index (Phi) is 7.47. The molecule has 9 heteroatoms. The van der Waals surface area contributed by atoms with Gasteiger partial charge >= 0.3 is 0 Å². The van der Waals surface area contributed by atoms with Gasteiger partial charge in [0.05, 0.1) is 24.0 Å². The summed E-state index contributed by atoms with van der Waals surface area (Å²) >= 11 is 13.7. The molecule has 1 amide bonds. The highest BCUT2D eigenvalue weighted by Crippen LogP contribution is 2.31. The molecule has 3 aromatic carbocycles. The normalized spacial score (nSPS) is 10.9. The molecule has 34 heavy (non-hydrogen) atoms. The SMILES string of the molecule is COc1c(Cl)cc(Cl)cc1/C=N\NC(=O)c1ccc(-c2csc(Nc3ccc(C)cc3)n2)cc1. The summed E-state index contributed by atoms with van der Waals surface area (Å²) in [5.41, 5.74) is 7.43. The van der Waals surface area contributed by atoms with Crippen LogP contribution in [-0.4, -0.2) is 24.2 Å². The zero-order chi connectivity index (χ0) is 24.1. The molecule has 0 saturated carbocycles. The lowest BCUT2D eigenvalue weighted by Crippen LogP contribution is -2.17. The van der Waals surface area contributed by atoms with Gasteiger partial charge < -0.3 is 10.1 Å². The number of benzene rings is 3. The number of anilines is 2. The van der Waals surface area contributed by atoms with Crippen LogP contribution < -0.4 is 15.5 Å². The number of rotatable bonds is 7. The second kappa shape index (κ2) is 10.7. The number of amides is 1. The number of halogens is 2. The first-order valence-electron chi connectivity index (χ1n) is 10.2. The van der Waals surface area contributed by atoms with Crippen molar-refractivity contribution in [3.05, 3.63) is 92.8 Å². The van der Waals surface area contributed by atoms with Gasteiger partial charge in [0, 0.05) is 32.8 Å². The smallest absolute Gasteiger partial charge is 0.271 e. The zero-order valence-electron chi connectivity index (χ0n) is 18.3. The van der Waals surface area contributed by atoms with Crippen molar-refractivity contribution in [1.82, 2.24) is 10.4 Å². The molecule has 172 valence electrons. The Morgan fingerprint density at radius 2 is 1.82 bits per heavy atom. The molecule has 0 unspecified atom stereocenters. The standard InChI is InChI=1S/C25H20Cl2N4O2S/c1-15-3-9-20(10-4-15)29-25-30-22(14-34-25)16-5-7-17(8-6-16)24(32)31-28-13-18-11-19(26)12-21(27)23(18)33-2/h3-14H,1-2H3,(H,29,30)(H,31,32)/b28-13-. The highest BCUT2D eigenvalue weighted by atomic mass is 35.5. The number of carbonyl (C=O) groups excluding carboxylic acids is 1. The predicted molar refractivity (Wildman–Crippen MR) is 140 cm³/mol. The van der Waals surface area contributed by atoms with Crippen LogP contribution in [0.2, 0.25) is 10.0 Å². The molecular formula is C25H20Cl2N4O2S. The minimum absolute atomic E-state index is 0.352. The highest BCUT2D eigenvalue weighted by molar-refractivity contribution is 7.14. The fourth-order valence-electron chi connectivity index (χ4n) is 3.13. The fraction of sp³-hybridized carbons (Fsp3) is 0.0800. The quantitative estimate of drug-likeness (QED) is 0.208. The van der Waals surface area contributed by atoms with Gasteiger partial charge in [-0.25, -0.2) is 10.4 Å². The van der Waals surface area contributed by atoms with Gasteiger partial charge in [0.2, 0.25) is 0 Å². The van der Waals surface area contributed by atoms with E-state index < -0.39 is 0 Å². The summed E-state index contributed by atoms with van der Waals surface area (Å²) in [5, 5.41) is 10.9. The lowest BCUT2D eigenvalue weighted by Gasteiger charge is -2.07. The Morgan fingerprint density at radius 1 is 1.09 bits per heavy atom. The maximum atomic E-state index is 12.5. The van der Waals surface area contributed by atoms with Gasteiger partial charge in [-0.15, -0.1) is 11.3 Å². The van der Waals surface area contributed by atoms with Crippen LogP contribution in [0, 0.1) is 6.92 Å². The van der Waals surface area contributed by atoms with Crippen molar-refractivity contribution < 1.29 is 9.53 Å². The Hall–Kier alpha value is -3.39. The minimum atomic E-state index is -0.352. The first kappa shape index (κ1) is 23.8. The molecule has 0 atom stereocenters. The van der Waals surface area contributed by atoms with Crippen molar-refractivity contribution in [3.63, 3.8) is 0 Å². The number of hydrogen-bond acceptors (Lipinski definition) is 6. The number of nitrogens with one attached hydrogen (secondary N) is 2. The van der Waals surface area contributed by atoms with Crippen LogP contribution >= 0.6 is 34.5 Å². The minimum Gasteiger partial charge on any atom is -0.495 e. The number of hydrazone groups is 1. The summed E-state index contributed by atoms with van der Waals surface area (Å²) in [6.45, 7) is 2.05. The lowest BCUT2D eigenvalue weighted by atomic mass is 10.1. The molecule has 4 rings (SSSR count). The third-order valence-electron chi connectivity index (χ3n) is 4.86. The van der Waals surface area contributed by atoms with E-state index in [2.05, 4.69) is 20.8 Å². The van der Waals surface area contributed by atoms with Crippen molar-refractivity contribution in [2.45, 2.75) is 6.92 Å². The third kappa shape index (κ3) is 5.75. The maximum Gasteiger partial charge on any atom is 0.271 e. The van der Waals surface area contributed by atoms with E-state index in [4.69, 9.17) is 27.9 Å². The molecular weight excluding hydrogens is 491 g/mol. The Bertz CT molecular complexity index is 1340. The molecule has 6 nitrogen and oxygen atoms in total. The van der Waals surface area contributed by atoms with Crippen LogP contribution in [0.15, 0.2) is 71.1 Å². The average Bonchev–Trinajstić information content (AvgIpc) is 3.29. The first-order valence-corrected chi connectivity index (χ1v) is 11.8. The van der Waals surface area contributed by atoms with Crippen LogP contribution in [0.1, 0.15) is 21.5 Å². The van der Waals surface area contributed by atoms with Crippen molar-refractivity contribution in [3.8, 4) is 17.0 Å². The lowest BCUT2D eigenvalue weighted by molar-refractivity contribution is 0.0955. The van der Waals surface area contributed by atoms with Crippen LogP contribution in [0.25, 0.3) is 11.3 Å². The van der Waals surface area contributed by atoms with E-state index in [0.717, 1.165) is 22.1 Å². The van der Waals surface area contributed by atoms with Crippen molar-refractivity contribution in [1.29, 1.82) is 0 Å². The van der Waals surface area contributed by atoms with Gasteiger partial charge in [-0.05, 0) is 43.3 Å². The zero-order valence-corrected chi connectivity index (χ0v) is 20.6. The Labute approximate surface area is 211 Å². The number of thiazole rings is 1. The maximum absolute atomic E-state index is 12.5. The van der Waals surface area contributed by atoms with Crippen LogP contribution in [-0.2, 0) is 0 Å². The topological polar surface area (TPSA) is 75.6 Å². The summed E-state index contributed by atoms with van der Waals surface area (Å²) in [6, 6.07) is 18.5. The van der Waals surface area contributed by atoms with Gasteiger partial charge in [-0.3, -0.25) is 4.79 Å². The van der Waals surface area contributed by atoms with Crippen molar-refractivity contribution >= 4 is 57.5 Å². The number of hydrogen-bond donors (Lipinski definition) is 2. The Balaban J connectivity index is 1.40. The molecule has 0 radical (unpaired) electrons. The average molecular weight is 511 g/mol. The van der Waals surface area contributed by atoms with Crippen LogP contribution in [0.4, 0.5) is 10.8 Å². The summed E-state index contributed by atoms with van der Waals surface area (Å²) in [5.74, 6) is 0.0721. The molecule has 0 fully saturated rings. The van der Waals surface area contributed by atoms with E-state index in [1.807, 2.05) is 48.7 Å². The van der Waals surface area contributed by atoms with Gasteiger partial charge in [0.25, 0.3) is 5.91 Å².